The van der Waals surface area contributed by atoms with E-state index in [4.69, 9.17) is 21.3 Å². The van der Waals surface area contributed by atoms with Gasteiger partial charge in [-0.25, -0.2) is 4.98 Å². The second-order valence-electron chi connectivity index (χ2n) is 9.02. The van der Waals surface area contributed by atoms with Crippen LogP contribution in [-0.4, -0.2) is 39.7 Å². The number of pyridine rings is 1. The summed E-state index contributed by atoms with van der Waals surface area (Å²) in [6, 6.07) is 13.8. The van der Waals surface area contributed by atoms with Gasteiger partial charge in [-0.2, -0.15) is 0 Å². The third-order valence-corrected chi connectivity index (χ3v) is 7.67. The monoisotopic (exact) mass is 520 g/mol. The second kappa shape index (κ2) is 10.9. The second-order valence-corrected chi connectivity index (χ2v) is 10.3. The van der Waals surface area contributed by atoms with Gasteiger partial charge in [0.2, 0.25) is 0 Å². The van der Waals surface area contributed by atoms with E-state index in [9.17, 15) is 4.79 Å². The first-order chi connectivity index (χ1) is 17.5. The summed E-state index contributed by atoms with van der Waals surface area (Å²) in [6.45, 7) is 5.96. The fourth-order valence-electron chi connectivity index (χ4n) is 4.54. The molecule has 8 heteroatoms. The van der Waals surface area contributed by atoms with E-state index in [1.807, 2.05) is 49.5 Å². The Bertz CT molecular complexity index is 1370. The van der Waals surface area contributed by atoms with Crippen LogP contribution in [0.4, 0.5) is 0 Å². The van der Waals surface area contributed by atoms with Gasteiger partial charge in [0, 0.05) is 53.2 Å². The number of thiazole rings is 1. The summed E-state index contributed by atoms with van der Waals surface area (Å²) in [4.78, 5) is 22.6. The van der Waals surface area contributed by atoms with Crippen molar-refractivity contribution >= 4 is 28.8 Å². The Balaban J connectivity index is 1.49. The molecular formula is C28H29ClN4O2S. The van der Waals surface area contributed by atoms with Gasteiger partial charge in [-0.1, -0.05) is 30.7 Å². The maximum atomic E-state index is 13.2. The van der Waals surface area contributed by atoms with Gasteiger partial charge in [0.05, 0.1) is 23.1 Å². The van der Waals surface area contributed by atoms with E-state index in [1.165, 1.54) is 0 Å². The summed E-state index contributed by atoms with van der Waals surface area (Å²) in [7, 11) is 0. The Labute approximate surface area is 220 Å². The highest BCUT2D eigenvalue weighted by Crippen LogP contribution is 2.32. The molecule has 1 atom stereocenters. The third-order valence-electron chi connectivity index (χ3n) is 6.55. The predicted octanol–water partition coefficient (Wildman–Crippen LogP) is 6.15. The van der Waals surface area contributed by atoms with Gasteiger partial charge >= 0.3 is 0 Å². The number of halogens is 1. The standard InChI is InChI=1S/C28H29ClN4O2S/c1-3-22-13-20(9-10-30-22)28-32-25(17-36-28)26-14-24(27(34)31-15-23-8-5-11-35-23)18(2)33(26)16-19-6-4-7-21(29)12-19/h4,6-7,9-10,12-14,17,23H,3,5,8,11,15-16H2,1-2H3,(H,31,34). The van der Waals surface area contributed by atoms with Crippen LogP contribution in [0, 0.1) is 6.92 Å². The SMILES string of the molecule is CCc1cc(-c2nc(-c3cc(C(=O)NCC4CCCO4)c(C)n3Cc3cccc(Cl)c3)cs2)ccn1. The number of benzene rings is 1. The average Bonchev–Trinajstić information content (AvgIpc) is 3.64. The molecule has 4 aromatic rings. The van der Waals surface area contributed by atoms with Crippen LogP contribution in [-0.2, 0) is 17.7 Å². The number of hydrogen-bond acceptors (Lipinski definition) is 5. The highest BCUT2D eigenvalue weighted by Gasteiger charge is 2.22. The number of amides is 1. The lowest BCUT2D eigenvalue weighted by atomic mass is 10.2. The van der Waals surface area contributed by atoms with Crippen molar-refractivity contribution in [2.24, 2.45) is 0 Å². The van der Waals surface area contributed by atoms with Crippen molar-refractivity contribution in [2.75, 3.05) is 13.2 Å². The molecule has 36 heavy (non-hydrogen) atoms. The first kappa shape index (κ1) is 24.7. The third kappa shape index (κ3) is 5.38. The van der Waals surface area contributed by atoms with E-state index in [-0.39, 0.29) is 12.0 Å². The summed E-state index contributed by atoms with van der Waals surface area (Å²) in [6.07, 6.45) is 4.83. The van der Waals surface area contributed by atoms with Gasteiger partial charge < -0.3 is 14.6 Å². The van der Waals surface area contributed by atoms with E-state index in [0.29, 0.717) is 23.7 Å². The van der Waals surface area contributed by atoms with E-state index < -0.39 is 0 Å². The molecule has 0 aliphatic carbocycles. The number of hydrogen-bond donors (Lipinski definition) is 1. The molecule has 1 saturated heterocycles. The van der Waals surface area contributed by atoms with E-state index in [2.05, 4.69) is 33.2 Å². The molecular weight excluding hydrogens is 492 g/mol. The molecule has 5 rings (SSSR count). The Morgan fingerprint density at radius 3 is 2.94 bits per heavy atom. The quantitative estimate of drug-likeness (QED) is 0.302. The smallest absolute Gasteiger partial charge is 0.253 e. The molecule has 0 saturated carbocycles. The maximum Gasteiger partial charge on any atom is 0.253 e. The van der Waals surface area contributed by atoms with Crippen molar-refractivity contribution in [3.8, 4) is 22.0 Å². The number of aromatic nitrogens is 3. The van der Waals surface area contributed by atoms with Crippen LogP contribution in [0.2, 0.25) is 5.02 Å². The minimum atomic E-state index is -0.0914. The summed E-state index contributed by atoms with van der Waals surface area (Å²) in [5.41, 5.74) is 6.44. The van der Waals surface area contributed by atoms with Crippen molar-refractivity contribution in [2.45, 2.75) is 45.8 Å². The van der Waals surface area contributed by atoms with Gasteiger partial charge in [0.15, 0.2) is 0 Å². The van der Waals surface area contributed by atoms with Crippen molar-refractivity contribution in [1.29, 1.82) is 0 Å². The molecule has 0 spiro atoms. The highest BCUT2D eigenvalue weighted by atomic mass is 35.5. The molecule has 1 aliphatic rings. The number of carbonyl (C=O) groups is 1. The van der Waals surface area contributed by atoms with Crippen LogP contribution in [0.25, 0.3) is 22.0 Å². The predicted molar refractivity (Wildman–Crippen MR) is 145 cm³/mol. The van der Waals surface area contributed by atoms with Crippen LogP contribution in [0.5, 0.6) is 0 Å². The highest BCUT2D eigenvalue weighted by molar-refractivity contribution is 7.13. The van der Waals surface area contributed by atoms with E-state index in [1.54, 1.807) is 11.3 Å². The fourth-order valence-corrected chi connectivity index (χ4v) is 5.57. The van der Waals surface area contributed by atoms with Crippen molar-refractivity contribution < 1.29 is 9.53 Å². The lowest BCUT2D eigenvalue weighted by molar-refractivity contribution is 0.0857. The topological polar surface area (TPSA) is 69.0 Å². The van der Waals surface area contributed by atoms with E-state index >= 15 is 0 Å². The molecule has 0 bridgehead atoms. The van der Waals surface area contributed by atoms with Crippen molar-refractivity contribution in [3.63, 3.8) is 0 Å². The van der Waals surface area contributed by atoms with E-state index in [0.717, 1.165) is 64.8 Å². The Kier molecular flexibility index (Phi) is 7.51. The van der Waals surface area contributed by atoms with Crippen LogP contribution in [0.3, 0.4) is 0 Å². The molecule has 0 radical (unpaired) electrons. The fraction of sp³-hybridized carbons (Fsp3) is 0.321. The first-order valence-electron chi connectivity index (χ1n) is 12.3. The number of aryl methyl sites for hydroxylation is 1. The zero-order valence-electron chi connectivity index (χ0n) is 20.5. The van der Waals surface area contributed by atoms with Crippen LogP contribution >= 0.6 is 22.9 Å². The zero-order chi connectivity index (χ0) is 25.1. The molecule has 3 aromatic heterocycles. The molecule has 1 fully saturated rings. The number of ether oxygens (including phenoxy) is 1. The lowest BCUT2D eigenvalue weighted by Crippen LogP contribution is -2.32. The summed E-state index contributed by atoms with van der Waals surface area (Å²) >= 11 is 7.86. The molecule has 1 N–H and O–H groups in total. The average molecular weight is 521 g/mol. The largest absolute Gasteiger partial charge is 0.376 e. The first-order valence-corrected chi connectivity index (χ1v) is 13.5. The molecule has 186 valence electrons. The molecule has 1 aliphatic heterocycles. The zero-order valence-corrected chi connectivity index (χ0v) is 22.0. The summed E-state index contributed by atoms with van der Waals surface area (Å²) in [5.74, 6) is -0.0914. The van der Waals surface area contributed by atoms with Gasteiger partial charge in [-0.05, 0) is 62.1 Å². The van der Waals surface area contributed by atoms with Crippen LogP contribution < -0.4 is 5.32 Å². The normalized spacial score (nSPS) is 15.4. The Hall–Kier alpha value is -3.00. The number of rotatable bonds is 8. The summed E-state index contributed by atoms with van der Waals surface area (Å²) in [5, 5.41) is 6.74. The van der Waals surface area contributed by atoms with Gasteiger partial charge in [0.1, 0.15) is 5.01 Å². The minimum Gasteiger partial charge on any atom is -0.376 e. The minimum absolute atomic E-state index is 0.0914. The molecule has 1 aromatic carbocycles. The van der Waals surface area contributed by atoms with Gasteiger partial charge in [-0.3, -0.25) is 9.78 Å². The Morgan fingerprint density at radius 1 is 1.28 bits per heavy atom. The number of nitrogens with one attached hydrogen (secondary N) is 1. The van der Waals surface area contributed by atoms with Crippen molar-refractivity contribution in [3.05, 3.63) is 81.6 Å². The van der Waals surface area contributed by atoms with Crippen LogP contribution in [0.15, 0.2) is 54.0 Å². The summed E-state index contributed by atoms with van der Waals surface area (Å²) < 4.78 is 7.82. The number of nitrogens with zero attached hydrogens (tertiary/aromatic N) is 3. The Morgan fingerprint density at radius 2 is 2.17 bits per heavy atom. The van der Waals surface area contributed by atoms with Crippen molar-refractivity contribution in [1.82, 2.24) is 19.9 Å². The molecule has 6 nitrogen and oxygen atoms in total. The van der Waals surface area contributed by atoms with Crippen LogP contribution in [0.1, 0.15) is 47.1 Å². The van der Waals surface area contributed by atoms with Gasteiger partial charge in [0.25, 0.3) is 5.91 Å². The molecule has 1 amide bonds. The molecule has 4 heterocycles. The van der Waals surface area contributed by atoms with Gasteiger partial charge in [-0.15, -0.1) is 11.3 Å². The molecule has 1 unspecified atom stereocenters. The number of carbonyl (C=O) groups excluding carboxylic acids is 1. The lowest BCUT2D eigenvalue weighted by Gasteiger charge is -2.12. The maximum absolute atomic E-state index is 13.2.